The minimum absolute atomic E-state index is 0.227. The molecule has 0 saturated heterocycles. The van der Waals surface area contributed by atoms with Gasteiger partial charge in [-0.1, -0.05) is 36.4 Å². The van der Waals surface area contributed by atoms with Gasteiger partial charge < -0.3 is 9.47 Å². The number of hydrogen-bond donors (Lipinski definition) is 0. The first-order chi connectivity index (χ1) is 11.0. The number of carbonyl (C=O) groups is 2. The molecule has 0 N–H and O–H groups in total. The molecule has 0 saturated carbocycles. The molecule has 1 atom stereocenters. The molecule has 4 nitrogen and oxygen atoms in total. The van der Waals surface area contributed by atoms with Crippen molar-refractivity contribution in [3.63, 3.8) is 0 Å². The minimum Gasteiger partial charge on any atom is -0.482 e. The van der Waals surface area contributed by atoms with Gasteiger partial charge in [-0.3, -0.25) is 4.79 Å². The van der Waals surface area contributed by atoms with Gasteiger partial charge in [-0.2, -0.15) is 0 Å². The Bertz CT molecular complexity index is 692. The minimum atomic E-state index is -0.840. The topological polar surface area (TPSA) is 52.6 Å². The number of aryl methyl sites for hydroxylation is 2. The molecule has 0 fully saturated rings. The number of esters is 1. The van der Waals surface area contributed by atoms with Crippen molar-refractivity contribution in [2.24, 2.45) is 0 Å². The Morgan fingerprint density at radius 3 is 2.35 bits per heavy atom. The molecule has 2 aromatic rings. The van der Waals surface area contributed by atoms with Crippen molar-refractivity contribution in [2.75, 3.05) is 6.61 Å². The van der Waals surface area contributed by atoms with E-state index in [-0.39, 0.29) is 12.4 Å². The van der Waals surface area contributed by atoms with E-state index in [0.717, 1.165) is 11.1 Å². The molecular formula is C19H20O4. The van der Waals surface area contributed by atoms with Gasteiger partial charge in [0.05, 0.1) is 0 Å². The third-order valence-electron chi connectivity index (χ3n) is 3.57. The maximum absolute atomic E-state index is 12.1. The number of Topliss-reactive ketones (excluding diaryl/α,β-unsaturated/α-hetero) is 1. The smallest absolute Gasteiger partial charge is 0.344 e. The summed E-state index contributed by atoms with van der Waals surface area (Å²) >= 11 is 0. The molecule has 2 aromatic carbocycles. The lowest BCUT2D eigenvalue weighted by Gasteiger charge is -2.13. The van der Waals surface area contributed by atoms with E-state index >= 15 is 0 Å². The third-order valence-corrected chi connectivity index (χ3v) is 3.57. The van der Waals surface area contributed by atoms with Gasteiger partial charge in [-0.25, -0.2) is 4.79 Å². The van der Waals surface area contributed by atoms with Crippen molar-refractivity contribution in [2.45, 2.75) is 26.9 Å². The molecule has 2 rings (SSSR count). The van der Waals surface area contributed by atoms with Crippen LogP contribution < -0.4 is 4.74 Å². The van der Waals surface area contributed by atoms with Crippen molar-refractivity contribution >= 4 is 11.8 Å². The van der Waals surface area contributed by atoms with Crippen LogP contribution in [0.15, 0.2) is 48.5 Å². The molecule has 0 aliphatic rings. The van der Waals surface area contributed by atoms with E-state index in [0.29, 0.717) is 11.3 Å². The number of rotatable bonds is 6. The van der Waals surface area contributed by atoms with Gasteiger partial charge in [-0.05, 0) is 44.0 Å². The van der Waals surface area contributed by atoms with Crippen molar-refractivity contribution in [3.8, 4) is 5.75 Å². The SMILES string of the molecule is Cc1ccc(OCC(=O)O[C@@H](C)C(=O)c2ccccc2)cc1C. The zero-order valence-electron chi connectivity index (χ0n) is 13.5. The standard InChI is InChI=1S/C19H20O4/c1-13-9-10-17(11-14(13)2)22-12-18(20)23-15(3)19(21)16-7-5-4-6-8-16/h4-11,15H,12H2,1-3H3/t15-/m0/s1. The van der Waals surface area contributed by atoms with Gasteiger partial charge in [-0.15, -0.1) is 0 Å². The largest absolute Gasteiger partial charge is 0.482 e. The Kier molecular flexibility index (Phi) is 5.52. The Morgan fingerprint density at radius 2 is 1.70 bits per heavy atom. The van der Waals surface area contributed by atoms with E-state index in [2.05, 4.69) is 0 Å². The fourth-order valence-electron chi connectivity index (χ4n) is 2.07. The summed E-state index contributed by atoms with van der Waals surface area (Å²) in [4.78, 5) is 23.9. The van der Waals surface area contributed by atoms with Gasteiger partial charge in [0.25, 0.3) is 0 Å². The normalized spacial score (nSPS) is 11.6. The zero-order chi connectivity index (χ0) is 16.8. The van der Waals surface area contributed by atoms with Gasteiger partial charge in [0.1, 0.15) is 5.75 Å². The molecule has 120 valence electrons. The third kappa shape index (κ3) is 4.68. The number of ketones is 1. The molecular weight excluding hydrogens is 292 g/mol. The van der Waals surface area contributed by atoms with Crippen LogP contribution >= 0.6 is 0 Å². The summed E-state index contributed by atoms with van der Waals surface area (Å²) in [6.45, 7) is 5.31. The maximum Gasteiger partial charge on any atom is 0.344 e. The van der Waals surface area contributed by atoms with Crippen LogP contribution in [0.25, 0.3) is 0 Å². The van der Waals surface area contributed by atoms with Crippen LogP contribution in [0.5, 0.6) is 5.75 Å². The molecule has 0 amide bonds. The van der Waals surface area contributed by atoms with Gasteiger partial charge >= 0.3 is 5.97 Å². The van der Waals surface area contributed by atoms with Crippen LogP contribution in [0.4, 0.5) is 0 Å². The van der Waals surface area contributed by atoms with Crippen LogP contribution in [-0.2, 0) is 9.53 Å². The summed E-state index contributed by atoms with van der Waals surface area (Å²) < 4.78 is 10.5. The van der Waals surface area contributed by atoms with E-state index in [9.17, 15) is 9.59 Å². The zero-order valence-corrected chi connectivity index (χ0v) is 13.5. The van der Waals surface area contributed by atoms with Crippen LogP contribution in [0.1, 0.15) is 28.4 Å². The molecule has 0 aliphatic carbocycles. The second kappa shape index (κ2) is 7.58. The molecule has 0 aromatic heterocycles. The highest BCUT2D eigenvalue weighted by atomic mass is 16.6. The monoisotopic (exact) mass is 312 g/mol. The van der Waals surface area contributed by atoms with E-state index in [4.69, 9.17) is 9.47 Å². The Morgan fingerprint density at radius 1 is 1.00 bits per heavy atom. The summed E-state index contributed by atoms with van der Waals surface area (Å²) in [6.07, 6.45) is -0.840. The molecule has 0 aliphatic heterocycles. The average Bonchev–Trinajstić information content (AvgIpc) is 2.56. The molecule has 0 heterocycles. The van der Waals surface area contributed by atoms with Crippen molar-refractivity contribution in [1.29, 1.82) is 0 Å². The maximum atomic E-state index is 12.1. The molecule has 4 heteroatoms. The number of carbonyl (C=O) groups excluding carboxylic acids is 2. The van der Waals surface area contributed by atoms with Gasteiger partial charge in [0.15, 0.2) is 12.7 Å². The molecule has 23 heavy (non-hydrogen) atoms. The van der Waals surface area contributed by atoms with Crippen molar-refractivity contribution in [1.82, 2.24) is 0 Å². The lowest BCUT2D eigenvalue weighted by molar-refractivity contribution is -0.148. The highest BCUT2D eigenvalue weighted by Gasteiger charge is 2.19. The van der Waals surface area contributed by atoms with Crippen molar-refractivity contribution < 1.29 is 19.1 Å². The Labute approximate surface area is 136 Å². The van der Waals surface area contributed by atoms with E-state index in [1.807, 2.05) is 32.0 Å². The van der Waals surface area contributed by atoms with Crippen molar-refractivity contribution in [3.05, 3.63) is 65.2 Å². The Hall–Kier alpha value is -2.62. The highest BCUT2D eigenvalue weighted by Crippen LogP contribution is 2.16. The average molecular weight is 312 g/mol. The summed E-state index contributed by atoms with van der Waals surface area (Å²) in [5, 5.41) is 0. The van der Waals surface area contributed by atoms with E-state index in [1.165, 1.54) is 0 Å². The molecule has 0 radical (unpaired) electrons. The molecule has 0 bridgehead atoms. The summed E-state index contributed by atoms with van der Waals surface area (Å²) in [5.41, 5.74) is 2.76. The van der Waals surface area contributed by atoms with Crippen LogP contribution in [0, 0.1) is 13.8 Å². The number of ether oxygens (including phenoxy) is 2. The first-order valence-electron chi connectivity index (χ1n) is 7.46. The molecule has 0 spiro atoms. The van der Waals surface area contributed by atoms with Crippen LogP contribution in [-0.4, -0.2) is 24.5 Å². The first kappa shape index (κ1) is 16.7. The second-order valence-electron chi connectivity index (χ2n) is 5.40. The van der Waals surface area contributed by atoms with E-state index < -0.39 is 12.1 Å². The lowest BCUT2D eigenvalue weighted by atomic mass is 10.1. The number of benzene rings is 2. The van der Waals surface area contributed by atoms with Gasteiger partial charge in [0.2, 0.25) is 5.78 Å². The lowest BCUT2D eigenvalue weighted by Crippen LogP contribution is -2.27. The number of hydrogen-bond acceptors (Lipinski definition) is 4. The quantitative estimate of drug-likeness (QED) is 0.605. The summed E-state index contributed by atoms with van der Waals surface area (Å²) in [7, 11) is 0. The van der Waals surface area contributed by atoms with E-state index in [1.54, 1.807) is 37.3 Å². The highest BCUT2D eigenvalue weighted by molar-refractivity contribution is 6.00. The van der Waals surface area contributed by atoms with Crippen LogP contribution in [0.2, 0.25) is 0 Å². The summed E-state index contributed by atoms with van der Waals surface area (Å²) in [5.74, 6) is -0.197. The predicted molar refractivity (Wildman–Crippen MR) is 87.7 cm³/mol. The Balaban J connectivity index is 1.86. The first-order valence-corrected chi connectivity index (χ1v) is 7.46. The molecule has 0 unspecified atom stereocenters. The van der Waals surface area contributed by atoms with Gasteiger partial charge in [0, 0.05) is 5.56 Å². The fourth-order valence-corrected chi connectivity index (χ4v) is 2.07. The summed E-state index contributed by atoms with van der Waals surface area (Å²) in [6, 6.07) is 14.3. The predicted octanol–water partition coefficient (Wildman–Crippen LogP) is 3.50. The second-order valence-corrected chi connectivity index (χ2v) is 5.40. The van der Waals surface area contributed by atoms with Crippen LogP contribution in [0.3, 0.4) is 0 Å². The fraction of sp³-hybridized carbons (Fsp3) is 0.263.